The number of nitrogens with zero attached hydrogens (tertiary/aromatic N) is 1. The molecule has 0 saturated carbocycles. The summed E-state index contributed by atoms with van der Waals surface area (Å²) in [6.07, 6.45) is -1.39. The summed E-state index contributed by atoms with van der Waals surface area (Å²) >= 11 is 0. The Morgan fingerprint density at radius 2 is 2.21 bits per heavy atom. The predicted molar refractivity (Wildman–Crippen MR) is 47.2 cm³/mol. The maximum absolute atomic E-state index is 12.1. The first-order valence-electron chi connectivity index (χ1n) is 4.60. The van der Waals surface area contributed by atoms with Crippen LogP contribution in [0.1, 0.15) is 19.8 Å². The molecular weight excluding hydrogens is 192 g/mol. The normalized spacial score (nSPS) is 28.2. The van der Waals surface area contributed by atoms with Crippen LogP contribution in [0.25, 0.3) is 0 Å². The lowest BCUT2D eigenvalue weighted by molar-refractivity contribution is -0.150. The third-order valence-corrected chi connectivity index (χ3v) is 2.65. The van der Waals surface area contributed by atoms with Crippen LogP contribution in [0.5, 0.6) is 0 Å². The molecule has 1 fully saturated rings. The number of hydrogen-bond acceptors (Lipinski definition) is 2. The minimum Gasteiger partial charge on any atom is -0.377 e. The second-order valence-electron chi connectivity index (χ2n) is 3.82. The number of amides is 1. The number of piperidine rings is 1. The molecule has 14 heavy (non-hydrogen) atoms. The van der Waals surface area contributed by atoms with Gasteiger partial charge in [-0.25, -0.2) is 0 Å². The van der Waals surface area contributed by atoms with Crippen molar-refractivity contribution < 1.29 is 18.3 Å². The number of carbonyl (C=O) groups excluding carboxylic acids is 1. The van der Waals surface area contributed by atoms with Gasteiger partial charge in [0.15, 0.2) is 0 Å². The number of rotatable bonds is 2. The number of methoxy groups -OCH3 is 1. The molecule has 0 N–H and O–H groups in total. The van der Waals surface area contributed by atoms with E-state index >= 15 is 0 Å². The maximum Gasteiger partial charge on any atom is 0.315 e. The van der Waals surface area contributed by atoms with Crippen LogP contribution in [0.2, 0.25) is 0 Å². The molecule has 1 unspecified atom stereocenters. The number of hydrogen-bond donors (Lipinski definition) is 0. The van der Waals surface area contributed by atoms with E-state index in [2.05, 4.69) is 0 Å². The van der Waals surface area contributed by atoms with Crippen LogP contribution in [0.4, 0.5) is 8.78 Å². The molecule has 1 atom stereocenters. The van der Waals surface area contributed by atoms with Gasteiger partial charge in [-0.05, 0) is 19.8 Å². The fourth-order valence-electron chi connectivity index (χ4n) is 1.70. The molecule has 1 saturated heterocycles. The largest absolute Gasteiger partial charge is 0.377 e. The Bertz CT molecular complexity index is 223. The topological polar surface area (TPSA) is 29.5 Å². The van der Waals surface area contributed by atoms with Crippen LogP contribution < -0.4 is 0 Å². The summed E-state index contributed by atoms with van der Waals surface area (Å²) in [5.74, 6) is -1.09. The third kappa shape index (κ3) is 2.41. The van der Waals surface area contributed by atoms with Gasteiger partial charge in [0.2, 0.25) is 0 Å². The predicted octanol–water partition coefficient (Wildman–Crippen LogP) is 1.28. The van der Waals surface area contributed by atoms with Crippen molar-refractivity contribution in [3.05, 3.63) is 0 Å². The van der Waals surface area contributed by atoms with Crippen LogP contribution >= 0.6 is 0 Å². The van der Waals surface area contributed by atoms with Gasteiger partial charge in [-0.15, -0.1) is 0 Å². The monoisotopic (exact) mass is 207 g/mol. The van der Waals surface area contributed by atoms with E-state index in [0.717, 1.165) is 6.42 Å². The number of halogens is 2. The smallest absolute Gasteiger partial charge is 0.315 e. The Morgan fingerprint density at radius 3 is 2.71 bits per heavy atom. The Labute approximate surface area is 82.0 Å². The highest BCUT2D eigenvalue weighted by molar-refractivity contribution is 5.79. The van der Waals surface area contributed by atoms with Crippen LogP contribution in [-0.2, 0) is 9.53 Å². The van der Waals surface area contributed by atoms with Gasteiger partial charge in [0.25, 0.3) is 5.91 Å². The molecule has 82 valence electrons. The molecule has 5 heteroatoms. The molecule has 1 aliphatic rings. The first-order chi connectivity index (χ1) is 6.48. The van der Waals surface area contributed by atoms with Gasteiger partial charge in [-0.3, -0.25) is 4.79 Å². The lowest BCUT2D eigenvalue weighted by Crippen LogP contribution is -2.51. The van der Waals surface area contributed by atoms with Gasteiger partial charge in [-0.1, -0.05) is 0 Å². The molecular formula is C9H15F2NO2. The van der Waals surface area contributed by atoms with Crippen LogP contribution in [0, 0.1) is 0 Å². The van der Waals surface area contributed by atoms with Gasteiger partial charge >= 0.3 is 6.43 Å². The number of carbonyl (C=O) groups is 1. The third-order valence-electron chi connectivity index (χ3n) is 2.65. The molecule has 1 heterocycles. The van der Waals surface area contributed by atoms with E-state index in [4.69, 9.17) is 4.74 Å². The van der Waals surface area contributed by atoms with Crippen molar-refractivity contribution >= 4 is 5.91 Å². The molecule has 0 bridgehead atoms. The Kier molecular flexibility index (Phi) is 3.42. The summed E-state index contributed by atoms with van der Waals surface area (Å²) < 4.78 is 29.5. The fraction of sp³-hybridized carbons (Fsp3) is 0.889. The lowest BCUT2D eigenvalue weighted by Gasteiger charge is -2.39. The van der Waals surface area contributed by atoms with E-state index < -0.39 is 17.9 Å². The van der Waals surface area contributed by atoms with Crippen molar-refractivity contribution in [1.82, 2.24) is 4.90 Å². The van der Waals surface area contributed by atoms with Crippen molar-refractivity contribution in [3.8, 4) is 0 Å². The zero-order valence-corrected chi connectivity index (χ0v) is 8.43. The number of alkyl halides is 2. The SMILES string of the molecule is COC1(C)CCCN(C(=O)C(F)F)C1. The zero-order valence-electron chi connectivity index (χ0n) is 8.43. The molecule has 1 aliphatic heterocycles. The molecule has 1 amide bonds. The Morgan fingerprint density at radius 1 is 1.57 bits per heavy atom. The van der Waals surface area contributed by atoms with E-state index in [1.54, 1.807) is 0 Å². The van der Waals surface area contributed by atoms with Gasteiger partial charge in [-0.2, -0.15) is 8.78 Å². The fourth-order valence-corrected chi connectivity index (χ4v) is 1.70. The van der Waals surface area contributed by atoms with Crippen molar-refractivity contribution in [1.29, 1.82) is 0 Å². The zero-order chi connectivity index (χ0) is 10.8. The minimum absolute atomic E-state index is 0.257. The summed E-state index contributed by atoms with van der Waals surface area (Å²) in [5.41, 5.74) is -0.469. The second-order valence-corrected chi connectivity index (χ2v) is 3.82. The summed E-state index contributed by atoms with van der Waals surface area (Å²) in [6, 6.07) is 0. The molecule has 0 spiro atoms. The molecule has 0 aromatic carbocycles. The van der Waals surface area contributed by atoms with Crippen LogP contribution in [0.15, 0.2) is 0 Å². The molecule has 1 rings (SSSR count). The van der Waals surface area contributed by atoms with Gasteiger partial charge in [0, 0.05) is 20.2 Å². The van der Waals surface area contributed by atoms with Gasteiger partial charge in [0.1, 0.15) is 0 Å². The number of likely N-dealkylation sites (tertiary alicyclic amines) is 1. The highest BCUT2D eigenvalue weighted by atomic mass is 19.3. The summed E-state index contributed by atoms with van der Waals surface area (Å²) in [7, 11) is 1.54. The average Bonchev–Trinajstić information content (AvgIpc) is 2.16. The van der Waals surface area contributed by atoms with Crippen molar-refractivity contribution in [2.45, 2.75) is 31.8 Å². The van der Waals surface area contributed by atoms with E-state index in [1.807, 2.05) is 6.92 Å². The lowest BCUT2D eigenvalue weighted by atomic mass is 9.95. The maximum atomic E-state index is 12.1. The minimum atomic E-state index is -2.91. The molecule has 0 radical (unpaired) electrons. The average molecular weight is 207 g/mol. The van der Waals surface area contributed by atoms with Crippen molar-refractivity contribution in [3.63, 3.8) is 0 Å². The molecule has 0 aromatic heterocycles. The summed E-state index contributed by atoms with van der Waals surface area (Å²) in [5, 5.41) is 0. The van der Waals surface area contributed by atoms with E-state index in [-0.39, 0.29) is 6.54 Å². The summed E-state index contributed by atoms with van der Waals surface area (Å²) in [6.45, 7) is 2.49. The molecule has 0 aromatic rings. The van der Waals surface area contributed by atoms with Gasteiger partial charge < -0.3 is 9.64 Å². The number of ether oxygens (including phenoxy) is 1. The first kappa shape index (κ1) is 11.4. The van der Waals surface area contributed by atoms with E-state index in [1.165, 1.54) is 12.0 Å². The highest BCUT2D eigenvalue weighted by Crippen LogP contribution is 2.24. The van der Waals surface area contributed by atoms with E-state index in [0.29, 0.717) is 13.0 Å². The molecule has 3 nitrogen and oxygen atoms in total. The molecule has 0 aliphatic carbocycles. The Hall–Kier alpha value is -0.710. The Balaban J connectivity index is 2.60. The summed E-state index contributed by atoms with van der Waals surface area (Å²) in [4.78, 5) is 12.2. The highest BCUT2D eigenvalue weighted by Gasteiger charge is 2.35. The van der Waals surface area contributed by atoms with Crippen molar-refractivity contribution in [2.24, 2.45) is 0 Å². The van der Waals surface area contributed by atoms with E-state index in [9.17, 15) is 13.6 Å². The first-order valence-corrected chi connectivity index (χ1v) is 4.60. The van der Waals surface area contributed by atoms with Crippen molar-refractivity contribution in [2.75, 3.05) is 20.2 Å². The van der Waals surface area contributed by atoms with Crippen LogP contribution in [-0.4, -0.2) is 43.0 Å². The quantitative estimate of drug-likeness (QED) is 0.682. The van der Waals surface area contributed by atoms with Gasteiger partial charge in [0.05, 0.1) is 5.60 Å². The standard InChI is InChI=1S/C9H15F2NO2/c1-9(14-2)4-3-5-12(6-9)8(13)7(10)11/h7H,3-6H2,1-2H3. The second kappa shape index (κ2) is 4.21. The van der Waals surface area contributed by atoms with Crippen LogP contribution in [0.3, 0.4) is 0 Å².